The number of hydrogen-bond acceptors (Lipinski definition) is 5. The highest BCUT2D eigenvalue weighted by atomic mass is 16.7. The minimum absolute atomic E-state index is 0.120. The highest BCUT2D eigenvalue weighted by Gasteiger charge is 2.27. The van der Waals surface area contributed by atoms with Crippen LogP contribution in [0.1, 0.15) is 28.7 Å². The second-order valence-electron chi connectivity index (χ2n) is 7.69. The van der Waals surface area contributed by atoms with Gasteiger partial charge in [0.25, 0.3) is 0 Å². The van der Waals surface area contributed by atoms with Crippen LogP contribution in [-0.4, -0.2) is 67.5 Å². The number of nitrogens with zero attached hydrogens (tertiary/aromatic N) is 2. The molecular formula is C22H28N3O5+. The first-order valence-corrected chi connectivity index (χ1v) is 10.4. The SMILES string of the molecule is CCOC(=O)N1CC[NH+](CC(=O)c2cc(C)n(-c3ccc4c(c3)OCO4)c2C)CC1. The lowest BCUT2D eigenvalue weighted by Crippen LogP contribution is -3.15. The van der Waals surface area contributed by atoms with Crippen LogP contribution in [0.15, 0.2) is 24.3 Å². The third-order valence-electron chi connectivity index (χ3n) is 5.75. The van der Waals surface area contributed by atoms with E-state index in [1.165, 1.54) is 4.90 Å². The predicted molar refractivity (Wildman–Crippen MR) is 110 cm³/mol. The molecule has 30 heavy (non-hydrogen) atoms. The van der Waals surface area contributed by atoms with Crippen molar-refractivity contribution in [3.63, 3.8) is 0 Å². The van der Waals surface area contributed by atoms with Gasteiger partial charge in [0.15, 0.2) is 11.5 Å². The summed E-state index contributed by atoms with van der Waals surface area (Å²) < 4.78 is 18.0. The Kier molecular flexibility index (Phi) is 5.67. The van der Waals surface area contributed by atoms with Crippen molar-refractivity contribution in [3.8, 4) is 17.2 Å². The van der Waals surface area contributed by atoms with Crippen LogP contribution in [0.3, 0.4) is 0 Å². The Hall–Kier alpha value is -3.00. The van der Waals surface area contributed by atoms with Crippen molar-refractivity contribution in [1.29, 1.82) is 0 Å². The standard InChI is InChI=1S/C22H27N3O5/c1-4-28-22(27)24-9-7-23(8-10-24)13-19(26)18-11-15(2)25(16(18)3)17-5-6-20-21(12-17)30-14-29-20/h5-6,11-12H,4,7-10,13-14H2,1-3H3/p+1. The molecule has 2 aliphatic rings. The number of carbonyl (C=O) groups is 2. The van der Waals surface area contributed by atoms with E-state index in [2.05, 4.69) is 4.57 Å². The zero-order valence-electron chi connectivity index (χ0n) is 17.7. The molecule has 2 aliphatic heterocycles. The highest BCUT2D eigenvalue weighted by Crippen LogP contribution is 2.34. The first kappa shape index (κ1) is 20.3. The lowest BCUT2D eigenvalue weighted by molar-refractivity contribution is -0.895. The average molecular weight is 414 g/mol. The number of benzene rings is 1. The molecule has 8 heteroatoms. The van der Waals surface area contributed by atoms with E-state index < -0.39 is 0 Å². The topological polar surface area (TPSA) is 74.4 Å². The van der Waals surface area contributed by atoms with Crippen LogP contribution >= 0.6 is 0 Å². The van der Waals surface area contributed by atoms with Gasteiger partial charge in [0.05, 0.1) is 32.8 Å². The summed E-state index contributed by atoms with van der Waals surface area (Å²) in [4.78, 5) is 27.8. The number of ether oxygens (including phenoxy) is 3. The first-order chi connectivity index (χ1) is 14.5. The fourth-order valence-electron chi connectivity index (χ4n) is 4.19. The molecule has 0 aliphatic carbocycles. The van der Waals surface area contributed by atoms with Crippen LogP contribution in [-0.2, 0) is 4.74 Å². The normalized spacial score (nSPS) is 16.0. The maximum Gasteiger partial charge on any atom is 0.410 e. The number of piperazine rings is 1. The van der Waals surface area contributed by atoms with E-state index >= 15 is 0 Å². The number of fused-ring (bicyclic) bond motifs is 1. The number of quaternary nitrogens is 1. The Labute approximate surface area is 175 Å². The Morgan fingerprint density at radius 3 is 2.57 bits per heavy atom. The van der Waals surface area contributed by atoms with Crippen molar-refractivity contribution in [1.82, 2.24) is 9.47 Å². The van der Waals surface area contributed by atoms with Crippen LogP contribution in [0.5, 0.6) is 11.5 Å². The fourth-order valence-corrected chi connectivity index (χ4v) is 4.19. The predicted octanol–water partition coefficient (Wildman–Crippen LogP) is 1.36. The third kappa shape index (κ3) is 3.87. The largest absolute Gasteiger partial charge is 0.454 e. The number of aryl methyl sites for hydroxylation is 1. The van der Waals surface area contributed by atoms with E-state index in [4.69, 9.17) is 14.2 Å². The maximum atomic E-state index is 13.1. The van der Waals surface area contributed by atoms with Gasteiger partial charge < -0.3 is 23.7 Å². The van der Waals surface area contributed by atoms with Gasteiger partial charge in [0, 0.05) is 28.7 Å². The van der Waals surface area contributed by atoms with Crippen LogP contribution in [0, 0.1) is 13.8 Å². The van der Waals surface area contributed by atoms with Gasteiger partial charge in [-0.25, -0.2) is 4.79 Å². The zero-order chi connectivity index (χ0) is 21.3. The van der Waals surface area contributed by atoms with Crippen LogP contribution < -0.4 is 14.4 Å². The number of Topliss-reactive ketones (excluding diaryl/α,β-unsaturated/α-hetero) is 1. The fraction of sp³-hybridized carbons (Fsp3) is 0.455. The maximum absolute atomic E-state index is 13.1. The molecule has 4 rings (SSSR count). The number of nitrogens with one attached hydrogen (secondary N) is 1. The minimum atomic E-state index is -0.268. The highest BCUT2D eigenvalue weighted by molar-refractivity contribution is 5.98. The van der Waals surface area contributed by atoms with E-state index in [0.717, 1.165) is 47.2 Å². The van der Waals surface area contributed by atoms with E-state index in [9.17, 15) is 9.59 Å². The van der Waals surface area contributed by atoms with E-state index in [0.29, 0.717) is 26.2 Å². The molecule has 0 saturated carbocycles. The van der Waals surface area contributed by atoms with Crippen LogP contribution in [0.4, 0.5) is 4.79 Å². The summed E-state index contributed by atoms with van der Waals surface area (Å²) >= 11 is 0. The van der Waals surface area contributed by atoms with Crippen molar-refractivity contribution in [2.24, 2.45) is 0 Å². The zero-order valence-corrected chi connectivity index (χ0v) is 17.7. The summed E-state index contributed by atoms with van der Waals surface area (Å²) in [6.07, 6.45) is -0.268. The summed E-state index contributed by atoms with van der Waals surface area (Å²) in [7, 11) is 0. The number of amides is 1. The molecule has 1 fully saturated rings. The molecule has 1 saturated heterocycles. The van der Waals surface area contributed by atoms with E-state index in [1.807, 2.05) is 38.1 Å². The van der Waals surface area contributed by atoms with Gasteiger partial charge in [-0.15, -0.1) is 0 Å². The monoisotopic (exact) mass is 414 g/mol. The van der Waals surface area contributed by atoms with Gasteiger partial charge in [-0.1, -0.05) is 0 Å². The molecule has 0 radical (unpaired) electrons. The number of carbonyl (C=O) groups excluding carboxylic acids is 2. The van der Waals surface area contributed by atoms with Gasteiger partial charge in [0.1, 0.15) is 6.54 Å². The summed E-state index contributed by atoms with van der Waals surface area (Å²) in [5.41, 5.74) is 3.60. The van der Waals surface area contributed by atoms with Crippen molar-refractivity contribution < 1.29 is 28.7 Å². The van der Waals surface area contributed by atoms with Crippen LogP contribution in [0.25, 0.3) is 5.69 Å². The Bertz CT molecular complexity index is 960. The van der Waals surface area contributed by atoms with Crippen LogP contribution in [0.2, 0.25) is 0 Å². The molecule has 0 unspecified atom stereocenters. The van der Waals surface area contributed by atoms with Crippen molar-refractivity contribution >= 4 is 11.9 Å². The van der Waals surface area contributed by atoms with Gasteiger partial charge in [-0.3, -0.25) is 9.69 Å². The Morgan fingerprint density at radius 1 is 1.10 bits per heavy atom. The molecule has 8 nitrogen and oxygen atoms in total. The van der Waals surface area contributed by atoms with Crippen molar-refractivity contribution in [3.05, 3.63) is 41.2 Å². The molecule has 2 aromatic rings. The summed E-state index contributed by atoms with van der Waals surface area (Å²) in [5.74, 6) is 1.58. The molecule has 0 spiro atoms. The van der Waals surface area contributed by atoms with E-state index in [1.54, 1.807) is 11.8 Å². The number of hydrogen-bond donors (Lipinski definition) is 1. The second-order valence-corrected chi connectivity index (χ2v) is 7.69. The minimum Gasteiger partial charge on any atom is -0.454 e. The molecule has 1 aromatic heterocycles. The average Bonchev–Trinajstić information content (AvgIpc) is 3.32. The molecule has 0 bridgehead atoms. The van der Waals surface area contributed by atoms with Gasteiger partial charge in [0.2, 0.25) is 12.6 Å². The lowest BCUT2D eigenvalue weighted by atomic mass is 10.1. The van der Waals surface area contributed by atoms with Gasteiger partial charge >= 0.3 is 6.09 Å². The third-order valence-corrected chi connectivity index (χ3v) is 5.75. The van der Waals surface area contributed by atoms with E-state index in [-0.39, 0.29) is 18.7 Å². The molecule has 0 atom stereocenters. The Morgan fingerprint density at radius 2 is 1.83 bits per heavy atom. The molecule has 3 heterocycles. The molecular weight excluding hydrogens is 386 g/mol. The molecule has 1 amide bonds. The number of ketones is 1. The molecule has 160 valence electrons. The van der Waals surface area contributed by atoms with Crippen molar-refractivity contribution in [2.45, 2.75) is 20.8 Å². The van der Waals surface area contributed by atoms with Gasteiger partial charge in [-0.2, -0.15) is 0 Å². The molecule has 1 aromatic carbocycles. The quantitative estimate of drug-likeness (QED) is 0.748. The Balaban J connectivity index is 1.44. The number of aromatic nitrogens is 1. The first-order valence-electron chi connectivity index (χ1n) is 10.4. The number of rotatable bonds is 5. The lowest BCUT2D eigenvalue weighted by Gasteiger charge is -2.31. The smallest absolute Gasteiger partial charge is 0.410 e. The molecule has 1 N–H and O–H groups in total. The second kappa shape index (κ2) is 8.39. The van der Waals surface area contributed by atoms with Gasteiger partial charge in [-0.05, 0) is 39.0 Å². The van der Waals surface area contributed by atoms with Crippen molar-refractivity contribution in [2.75, 3.05) is 46.1 Å². The summed E-state index contributed by atoms with van der Waals surface area (Å²) in [6, 6.07) is 7.76. The summed E-state index contributed by atoms with van der Waals surface area (Å²) in [5, 5.41) is 0. The summed E-state index contributed by atoms with van der Waals surface area (Å²) in [6.45, 7) is 9.51.